The van der Waals surface area contributed by atoms with Crippen LogP contribution in [-0.2, 0) is 59.4 Å². The largest absolute Gasteiger partial charge is 4.00 e. The number of carbonyl (C=O) groups is 8. The second-order valence-electron chi connectivity index (χ2n) is 5.76. The molecular weight excluding hydrogens is 627 g/mol. The van der Waals surface area contributed by atoms with Gasteiger partial charge in [0, 0.05) is 75.2 Å². The van der Waals surface area contributed by atoms with Crippen LogP contribution < -0.4 is 20.4 Å². The minimum atomic E-state index is -1.29. The van der Waals surface area contributed by atoms with E-state index in [1.54, 1.807) is 27.7 Å². The van der Waals surface area contributed by atoms with Gasteiger partial charge in [-0.25, -0.2) is 0 Å². The number of carboxylic acids is 4. The standard InChI is InChI=1S/4C5H8O3.Pt/c4*1-2-4(6)3-5(7)8;/h4*2-3H2,1H3,(H,7,8);/q;;;;+4/p-4. The van der Waals surface area contributed by atoms with E-state index in [9.17, 15) is 58.8 Å². The molecule has 0 amide bonds. The molecule has 0 rings (SSSR count). The summed E-state index contributed by atoms with van der Waals surface area (Å²) in [7, 11) is 0. The Hall–Kier alpha value is -2.75. The second kappa shape index (κ2) is 27.3. The van der Waals surface area contributed by atoms with Crippen molar-refractivity contribution < 1.29 is 79.8 Å². The maximum atomic E-state index is 10.2. The number of hydrogen-bond acceptors (Lipinski definition) is 12. The molecule has 0 fully saturated rings. The van der Waals surface area contributed by atoms with E-state index in [4.69, 9.17) is 0 Å². The molecule has 0 aliphatic carbocycles. The van der Waals surface area contributed by atoms with Crippen LogP contribution in [0, 0.1) is 0 Å². The SMILES string of the molecule is CCC(=O)CC(=O)[O-].CCC(=O)CC(=O)[O-].CCC(=O)CC(=O)[O-].CCC(=O)CC(=O)[O-].[Pt+4]. The van der Waals surface area contributed by atoms with Crippen LogP contribution in [0.2, 0.25) is 0 Å². The molecule has 0 aliphatic heterocycles. The molecule has 0 aromatic carbocycles. The van der Waals surface area contributed by atoms with Crippen LogP contribution in [0.1, 0.15) is 79.1 Å². The van der Waals surface area contributed by atoms with E-state index < -0.39 is 49.6 Å². The third-order valence-corrected chi connectivity index (χ3v) is 2.94. The maximum absolute atomic E-state index is 10.2. The number of carbonyl (C=O) groups excluding carboxylic acids is 8. The van der Waals surface area contributed by atoms with E-state index in [1.165, 1.54) is 0 Å². The van der Waals surface area contributed by atoms with Gasteiger partial charge < -0.3 is 39.6 Å². The Bertz CT molecular complexity index is 543. The van der Waals surface area contributed by atoms with Crippen molar-refractivity contribution in [3.05, 3.63) is 0 Å². The van der Waals surface area contributed by atoms with Crippen LogP contribution in [0.4, 0.5) is 0 Å². The minimum Gasteiger partial charge on any atom is -0.550 e. The van der Waals surface area contributed by atoms with E-state index in [1.807, 2.05) is 0 Å². The smallest absolute Gasteiger partial charge is 0.550 e. The van der Waals surface area contributed by atoms with E-state index in [-0.39, 0.29) is 69.9 Å². The van der Waals surface area contributed by atoms with Crippen LogP contribution in [0.25, 0.3) is 0 Å². The molecular formula is C20H28O12Pt. The minimum absolute atomic E-state index is 0. The Kier molecular flexibility index (Phi) is 33.6. The van der Waals surface area contributed by atoms with Crippen LogP contribution in [0.15, 0.2) is 0 Å². The first-order valence-electron chi connectivity index (χ1n) is 9.52. The quantitative estimate of drug-likeness (QED) is 0.186. The second-order valence-corrected chi connectivity index (χ2v) is 5.76. The van der Waals surface area contributed by atoms with Gasteiger partial charge in [-0.3, -0.25) is 19.2 Å². The molecule has 0 bridgehead atoms. The third-order valence-electron chi connectivity index (χ3n) is 2.94. The molecule has 12 nitrogen and oxygen atoms in total. The van der Waals surface area contributed by atoms with Gasteiger partial charge in [0.05, 0.1) is 0 Å². The summed E-state index contributed by atoms with van der Waals surface area (Å²) in [4.78, 5) is 79.4. The number of ketones is 4. The van der Waals surface area contributed by atoms with Crippen molar-refractivity contribution in [2.45, 2.75) is 79.1 Å². The van der Waals surface area contributed by atoms with Gasteiger partial charge in [0.1, 0.15) is 23.1 Å². The maximum Gasteiger partial charge on any atom is 4.00 e. The van der Waals surface area contributed by atoms with Gasteiger partial charge in [-0.1, -0.05) is 27.7 Å². The molecule has 0 saturated heterocycles. The predicted molar refractivity (Wildman–Crippen MR) is 99.7 cm³/mol. The van der Waals surface area contributed by atoms with Crippen LogP contribution in [0.5, 0.6) is 0 Å². The average Bonchev–Trinajstić information content (AvgIpc) is 2.67. The van der Waals surface area contributed by atoms with Crippen LogP contribution >= 0.6 is 0 Å². The van der Waals surface area contributed by atoms with Crippen molar-refractivity contribution in [2.75, 3.05) is 0 Å². The van der Waals surface area contributed by atoms with Gasteiger partial charge in [0.15, 0.2) is 0 Å². The Morgan fingerprint density at radius 3 is 0.545 bits per heavy atom. The summed E-state index contributed by atoms with van der Waals surface area (Å²) < 4.78 is 0. The normalized spacial score (nSPS) is 8.36. The summed E-state index contributed by atoms with van der Waals surface area (Å²) in [5, 5.41) is 38.5. The number of aliphatic carboxylic acids is 4. The molecule has 0 heterocycles. The third kappa shape index (κ3) is 48.1. The molecule has 33 heavy (non-hydrogen) atoms. The molecule has 0 N–H and O–H groups in total. The molecule has 0 radical (unpaired) electrons. The average molecular weight is 656 g/mol. The fourth-order valence-electron chi connectivity index (χ4n) is 1.14. The Balaban J connectivity index is -0.000000105. The molecule has 0 unspecified atom stereocenters. The zero-order valence-electron chi connectivity index (χ0n) is 18.9. The van der Waals surface area contributed by atoms with Crippen molar-refractivity contribution in [3.63, 3.8) is 0 Å². The summed E-state index contributed by atoms with van der Waals surface area (Å²) in [5.41, 5.74) is 0. The first-order chi connectivity index (χ1) is 14.7. The van der Waals surface area contributed by atoms with Gasteiger partial charge in [-0.2, -0.15) is 0 Å². The summed E-state index contributed by atoms with van der Waals surface area (Å²) in [6, 6.07) is 0. The number of hydrogen-bond donors (Lipinski definition) is 0. The van der Waals surface area contributed by atoms with Gasteiger partial charge in [-0.15, -0.1) is 0 Å². The van der Waals surface area contributed by atoms with Crippen molar-refractivity contribution in [2.24, 2.45) is 0 Å². The van der Waals surface area contributed by atoms with Gasteiger partial charge in [-0.05, 0) is 0 Å². The monoisotopic (exact) mass is 655 g/mol. The summed E-state index contributed by atoms with van der Waals surface area (Å²) in [6.07, 6.45) is -0.704. The first-order valence-corrected chi connectivity index (χ1v) is 9.52. The van der Waals surface area contributed by atoms with Crippen molar-refractivity contribution >= 4 is 47.0 Å². The number of Topliss-reactive ketones (excluding diaryl/α,β-unsaturated/α-hetero) is 4. The van der Waals surface area contributed by atoms with Gasteiger partial charge >= 0.3 is 21.1 Å². The molecule has 0 aliphatic rings. The van der Waals surface area contributed by atoms with Gasteiger partial charge in [0.25, 0.3) is 0 Å². The number of rotatable bonds is 12. The van der Waals surface area contributed by atoms with E-state index in [0.717, 1.165) is 0 Å². The first kappa shape index (κ1) is 40.6. The Morgan fingerprint density at radius 1 is 0.394 bits per heavy atom. The Labute approximate surface area is 206 Å². The van der Waals surface area contributed by atoms with Crippen molar-refractivity contribution in [1.29, 1.82) is 0 Å². The zero-order valence-corrected chi connectivity index (χ0v) is 21.1. The fraction of sp³-hybridized carbons (Fsp3) is 0.600. The molecule has 0 saturated carbocycles. The molecule has 13 heteroatoms. The summed E-state index contributed by atoms with van der Waals surface area (Å²) in [5.74, 6) is -6.33. The topological polar surface area (TPSA) is 229 Å². The zero-order chi connectivity index (χ0) is 26.3. The van der Waals surface area contributed by atoms with Crippen molar-refractivity contribution in [1.82, 2.24) is 0 Å². The molecule has 0 aromatic rings. The van der Waals surface area contributed by atoms with E-state index >= 15 is 0 Å². The Morgan fingerprint density at radius 2 is 0.515 bits per heavy atom. The predicted octanol–water partition coefficient (Wildman–Crippen LogP) is -3.58. The number of carboxylic acid groups (broad SMARTS) is 4. The fourth-order valence-corrected chi connectivity index (χ4v) is 1.14. The molecule has 0 spiro atoms. The van der Waals surface area contributed by atoms with Gasteiger partial charge in [0.2, 0.25) is 0 Å². The van der Waals surface area contributed by atoms with Crippen molar-refractivity contribution in [3.8, 4) is 0 Å². The van der Waals surface area contributed by atoms with Crippen LogP contribution in [0.3, 0.4) is 0 Å². The molecule has 190 valence electrons. The van der Waals surface area contributed by atoms with E-state index in [0.29, 0.717) is 0 Å². The van der Waals surface area contributed by atoms with Crippen LogP contribution in [-0.4, -0.2) is 47.0 Å². The molecule has 0 atom stereocenters. The summed E-state index contributed by atoms with van der Waals surface area (Å²) >= 11 is 0. The summed E-state index contributed by atoms with van der Waals surface area (Å²) in [6.45, 7) is 6.47. The molecule has 0 aromatic heterocycles. The van der Waals surface area contributed by atoms with E-state index in [2.05, 4.69) is 0 Å².